The zero-order valence-corrected chi connectivity index (χ0v) is 10.2. The summed E-state index contributed by atoms with van der Waals surface area (Å²) in [6.45, 7) is 4.97. The van der Waals surface area contributed by atoms with Crippen LogP contribution in [0.25, 0.3) is 0 Å². The number of carbonyl (C=O) groups excluding carboxylic acids is 2. The maximum Gasteiger partial charge on any atom is 0.268 e. The first-order chi connectivity index (χ1) is 7.88. The second-order valence-corrected chi connectivity index (χ2v) is 4.78. The fourth-order valence-corrected chi connectivity index (χ4v) is 1.76. The van der Waals surface area contributed by atoms with Crippen molar-refractivity contribution in [3.63, 3.8) is 0 Å². The molecule has 4 nitrogen and oxygen atoms in total. The van der Waals surface area contributed by atoms with Crippen molar-refractivity contribution in [2.45, 2.75) is 32.8 Å². The predicted molar refractivity (Wildman–Crippen MR) is 64.2 cm³/mol. The predicted octanol–water partition coefficient (Wildman–Crippen LogP) is 1.93. The van der Waals surface area contributed by atoms with E-state index in [0.29, 0.717) is 17.9 Å². The van der Waals surface area contributed by atoms with Gasteiger partial charge in [-0.3, -0.25) is 9.59 Å². The lowest BCUT2D eigenvalue weighted by Gasteiger charge is -2.31. The molecule has 0 atom stereocenters. The molecule has 17 heavy (non-hydrogen) atoms. The van der Waals surface area contributed by atoms with Gasteiger partial charge in [0.2, 0.25) is 0 Å². The number of fused-ring (bicyclic) bond motifs is 1. The molecule has 0 fully saturated rings. The van der Waals surface area contributed by atoms with Crippen LogP contribution < -0.4 is 10.1 Å². The molecule has 1 heterocycles. The molecule has 0 unspecified atom stereocenters. The van der Waals surface area contributed by atoms with Crippen LogP contribution in [0.15, 0.2) is 18.2 Å². The average Bonchev–Trinajstić information content (AvgIpc) is 2.19. The topological polar surface area (TPSA) is 55.4 Å². The van der Waals surface area contributed by atoms with Gasteiger partial charge in [-0.05, 0) is 38.5 Å². The van der Waals surface area contributed by atoms with E-state index in [1.54, 1.807) is 26.0 Å². The van der Waals surface area contributed by atoms with E-state index >= 15 is 0 Å². The van der Waals surface area contributed by atoms with E-state index in [1.807, 2.05) is 6.07 Å². The number of nitrogens with one attached hydrogen (secondary N) is 1. The van der Waals surface area contributed by atoms with E-state index in [2.05, 4.69) is 5.32 Å². The number of rotatable bonds is 2. The quantitative estimate of drug-likeness (QED) is 0.849. The van der Waals surface area contributed by atoms with Crippen LogP contribution in [0.4, 0.5) is 5.69 Å². The number of ether oxygens (including phenoxy) is 1. The minimum Gasteiger partial charge on any atom is -0.476 e. The second kappa shape index (κ2) is 3.87. The number of hydrogen-bond acceptors (Lipinski definition) is 3. The van der Waals surface area contributed by atoms with Gasteiger partial charge in [-0.1, -0.05) is 6.07 Å². The molecule has 1 aliphatic rings. The van der Waals surface area contributed by atoms with Crippen molar-refractivity contribution < 1.29 is 14.3 Å². The Morgan fingerprint density at radius 1 is 1.41 bits per heavy atom. The molecule has 2 rings (SSSR count). The van der Waals surface area contributed by atoms with Crippen molar-refractivity contribution in [3.8, 4) is 5.75 Å². The number of carbonyl (C=O) groups is 2. The smallest absolute Gasteiger partial charge is 0.268 e. The zero-order chi connectivity index (χ0) is 12.6. The first kappa shape index (κ1) is 11.6. The summed E-state index contributed by atoms with van der Waals surface area (Å²) in [5, 5.41) is 2.79. The number of hydrogen-bond donors (Lipinski definition) is 1. The first-order valence-electron chi connectivity index (χ1n) is 5.51. The average molecular weight is 233 g/mol. The molecular weight excluding hydrogens is 218 g/mol. The van der Waals surface area contributed by atoms with E-state index in [9.17, 15) is 9.59 Å². The number of ketones is 1. The van der Waals surface area contributed by atoms with Crippen molar-refractivity contribution in [2.24, 2.45) is 0 Å². The normalized spacial score (nSPS) is 16.8. The van der Waals surface area contributed by atoms with Gasteiger partial charge in [-0.25, -0.2) is 0 Å². The summed E-state index contributed by atoms with van der Waals surface area (Å²) in [5.41, 5.74) is 0.655. The van der Waals surface area contributed by atoms with Crippen molar-refractivity contribution in [1.82, 2.24) is 0 Å². The van der Waals surface area contributed by atoms with Crippen molar-refractivity contribution in [1.29, 1.82) is 0 Å². The van der Waals surface area contributed by atoms with Crippen LogP contribution >= 0.6 is 0 Å². The molecule has 0 aliphatic carbocycles. The molecule has 1 N–H and O–H groups in total. The molecule has 4 heteroatoms. The third-order valence-corrected chi connectivity index (χ3v) is 2.66. The molecule has 0 saturated heterocycles. The van der Waals surface area contributed by atoms with E-state index in [-0.39, 0.29) is 11.7 Å². The van der Waals surface area contributed by atoms with Crippen LogP contribution in [0, 0.1) is 0 Å². The Labute approximate surface area is 100.0 Å². The van der Waals surface area contributed by atoms with Crippen molar-refractivity contribution in [2.75, 3.05) is 5.32 Å². The van der Waals surface area contributed by atoms with Crippen molar-refractivity contribution in [3.05, 3.63) is 23.8 Å². The monoisotopic (exact) mass is 233 g/mol. The van der Waals surface area contributed by atoms with Crippen LogP contribution in [0.1, 0.15) is 26.3 Å². The zero-order valence-electron chi connectivity index (χ0n) is 10.2. The molecular formula is C13H15NO3. The van der Waals surface area contributed by atoms with Gasteiger partial charge in [0.1, 0.15) is 11.5 Å². The Bertz CT molecular complexity index is 491. The highest BCUT2D eigenvalue weighted by molar-refractivity contribution is 6.00. The fraction of sp³-hybridized carbons (Fsp3) is 0.385. The van der Waals surface area contributed by atoms with Crippen LogP contribution in [0.5, 0.6) is 5.75 Å². The minimum atomic E-state index is -0.852. The van der Waals surface area contributed by atoms with E-state index in [0.717, 1.165) is 5.56 Å². The van der Waals surface area contributed by atoms with Gasteiger partial charge in [-0.2, -0.15) is 0 Å². The van der Waals surface area contributed by atoms with Crippen molar-refractivity contribution >= 4 is 17.4 Å². The summed E-state index contributed by atoms with van der Waals surface area (Å²) in [6.07, 6.45) is 0.368. The SMILES string of the molecule is CC(=O)Cc1ccc2c(c1)NC(=O)C(C)(C)O2. The van der Waals surface area contributed by atoms with Crippen LogP contribution in [-0.4, -0.2) is 17.3 Å². The lowest BCUT2D eigenvalue weighted by molar-refractivity contribution is -0.129. The Kier molecular flexibility index (Phi) is 2.65. The summed E-state index contributed by atoms with van der Waals surface area (Å²) in [7, 11) is 0. The minimum absolute atomic E-state index is 0.0911. The summed E-state index contributed by atoms with van der Waals surface area (Å²) in [5.74, 6) is 0.556. The van der Waals surface area contributed by atoms with E-state index in [4.69, 9.17) is 4.74 Å². The highest BCUT2D eigenvalue weighted by Gasteiger charge is 2.35. The van der Waals surface area contributed by atoms with Gasteiger partial charge < -0.3 is 10.1 Å². The molecule has 0 spiro atoms. The maximum absolute atomic E-state index is 11.7. The number of benzene rings is 1. The van der Waals surface area contributed by atoms with E-state index < -0.39 is 5.60 Å². The highest BCUT2D eigenvalue weighted by atomic mass is 16.5. The summed E-state index contributed by atoms with van der Waals surface area (Å²) in [4.78, 5) is 22.7. The third-order valence-electron chi connectivity index (χ3n) is 2.66. The van der Waals surface area contributed by atoms with Gasteiger partial charge in [-0.15, -0.1) is 0 Å². The molecule has 1 aromatic rings. The van der Waals surface area contributed by atoms with Crippen LogP contribution in [-0.2, 0) is 16.0 Å². The number of amides is 1. The molecule has 1 aromatic carbocycles. The molecule has 0 radical (unpaired) electrons. The van der Waals surface area contributed by atoms with Gasteiger partial charge >= 0.3 is 0 Å². The molecule has 0 saturated carbocycles. The highest BCUT2D eigenvalue weighted by Crippen LogP contribution is 2.34. The lowest BCUT2D eigenvalue weighted by Crippen LogP contribution is -2.45. The van der Waals surface area contributed by atoms with Gasteiger partial charge in [0, 0.05) is 6.42 Å². The summed E-state index contributed by atoms with van der Waals surface area (Å²) in [6, 6.07) is 5.41. The second-order valence-electron chi connectivity index (χ2n) is 4.78. The molecule has 0 bridgehead atoms. The third kappa shape index (κ3) is 2.30. The molecule has 1 amide bonds. The lowest BCUT2D eigenvalue weighted by atomic mass is 10.0. The fourth-order valence-electron chi connectivity index (χ4n) is 1.76. The Morgan fingerprint density at radius 3 is 2.76 bits per heavy atom. The van der Waals surface area contributed by atoms with Gasteiger partial charge in [0.05, 0.1) is 5.69 Å². The Balaban J connectivity index is 2.32. The molecule has 90 valence electrons. The van der Waals surface area contributed by atoms with Crippen LogP contribution in [0.2, 0.25) is 0 Å². The number of anilines is 1. The van der Waals surface area contributed by atoms with Crippen LogP contribution in [0.3, 0.4) is 0 Å². The number of Topliss-reactive ketones (excluding diaryl/α,β-unsaturated/α-hetero) is 1. The van der Waals surface area contributed by atoms with E-state index in [1.165, 1.54) is 6.92 Å². The Morgan fingerprint density at radius 2 is 2.12 bits per heavy atom. The largest absolute Gasteiger partial charge is 0.476 e. The molecule has 1 aliphatic heterocycles. The maximum atomic E-state index is 11.7. The molecule has 0 aromatic heterocycles. The Hall–Kier alpha value is -1.84. The first-order valence-corrected chi connectivity index (χ1v) is 5.51. The van der Waals surface area contributed by atoms with Gasteiger partial charge in [0.15, 0.2) is 5.60 Å². The standard InChI is InChI=1S/C13H15NO3/c1-8(15)6-9-4-5-11-10(7-9)14-12(16)13(2,3)17-11/h4-5,7H,6H2,1-3H3,(H,14,16). The summed E-state index contributed by atoms with van der Waals surface area (Å²) >= 11 is 0. The van der Waals surface area contributed by atoms with Gasteiger partial charge in [0.25, 0.3) is 5.91 Å². The summed E-state index contributed by atoms with van der Waals surface area (Å²) < 4.78 is 5.59.